The number of ether oxygens (including phenoxy) is 1. The van der Waals surface area contributed by atoms with Crippen molar-refractivity contribution in [3.05, 3.63) is 29.8 Å². The van der Waals surface area contributed by atoms with Gasteiger partial charge in [-0.2, -0.15) is 0 Å². The van der Waals surface area contributed by atoms with E-state index in [0.717, 1.165) is 51.3 Å². The van der Waals surface area contributed by atoms with Crippen molar-refractivity contribution in [2.75, 3.05) is 39.3 Å². The quantitative estimate of drug-likeness (QED) is 0.837. The molecule has 1 aliphatic carbocycles. The molecule has 22 heavy (non-hydrogen) atoms. The number of piperazine rings is 1. The van der Waals surface area contributed by atoms with Crippen molar-refractivity contribution < 1.29 is 9.53 Å². The highest BCUT2D eigenvalue weighted by Gasteiger charge is 2.30. The summed E-state index contributed by atoms with van der Waals surface area (Å²) in [5, 5.41) is 0. The predicted octanol–water partition coefficient (Wildman–Crippen LogP) is 2.32. The van der Waals surface area contributed by atoms with Crippen LogP contribution < -0.4 is 4.74 Å². The minimum atomic E-state index is 0.330. The van der Waals surface area contributed by atoms with Gasteiger partial charge in [0.2, 0.25) is 5.91 Å². The van der Waals surface area contributed by atoms with E-state index in [1.807, 2.05) is 12.1 Å². The van der Waals surface area contributed by atoms with Crippen LogP contribution in [0.4, 0.5) is 0 Å². The molecule has 1 heterocycles. The maximum absolute atomic E-state index is 12.2. The van der Waals surface area contributed by atoms with Gasteiger partial charge in [-0.1, -0.05) is 18.6 Å². The van der Waals surface area contributed by atoms with Crippen molar-refractivity contribution in [1.82, 2.24) is 9.80 Å². The summed E-state index contributed by atoms with van der Waals surface area (Å²) in [7, 11) is 0. The minimum Gasteiger partial charge on any atom is -0.492 e. The molecule has 1 saturated carbocycles. The number of hydrogen-bond acceptors (Lipinski definition) is 3. The Labute approximate surface area is 133 Å². The Morgan fingerprint density at radius 2 is 2.00 bits per heavy atom. The van der Waals surface area contributed by atoms with Crippen LogP contribution in [-0.4, -0.2) is 55.0 Å². The van der Waals surface area contributed by atoms with Crippen molar-refractivity contribution >= 4 is 5.91 Å². The summed E-state index contributed by atoms with van der Waals surface area (Å²) in [6, 6.07) is 8.16. The molecule has 2 aliphatic rings. The molecule has 120 valence electrons. The van der Waals surface area contributed by atoms with Crippen LogP contribution in [-0.2, 0) is 4.79 Å². The Morgan fingerprint density at radius 1 is 1.23 bits per heavy atom. The number of carbonyl (C=O) groups is 1. The number of hydrogen-bond donors (Lipinski definition) is 0. The molecular weight excluding hydrogens is 276 g/mol. The summed E-state index contributed by atoms with van der Waals surface area (Å²) in [6.45, 7) is 7.40. The van der Waals surface area contributed by atoms with E-state index in [1.165, 1.54) is 12.0 Å². The predicted molar refractivity (Wildman–Crippen MR) is 87.0 cm³/mol. The molecular formula is C18H26N2O2. The molecule has 4 heteroatoms. The highest BCUT2D eigenvalue weighted by Crippen LogP contribution is 2.28. The zero-order valence-electron chi connectivity index (χ0n) is 13.5. The standard InChI is InChI=1S/C18H26N2O2/c1-15-4-2-7-17(14-15)22-13-12-19-8-10-20(11-9-19)18(21)16-5-3-6-16/h2,4,7,14,16H,3,5-6,8-13H2,1H3. The number of benzene rings is 1. The summed E-state index contributed by atoms with van der Waals surface area (Å²) in [6.07, 6.45) is 3.43. The van der Waals surface area contributed by atoms with Crippen molar-refractivity contribution in [2.24, 2.45) is 5.92 Å². The van der Waals surface area contributed by atoms with Crippen molar-refractivity contribution in [2.45, 2.75) is 26.2 Å². The van der Waals surface area contributed by atoms with Gasteiger partial charge in [-0.25, -0.2) is 0 Å². The molecule has 1 saturated heterocycles. The molecule has 0 spiro atoms. The average molecular weight is 302 g/mol. The molecule has 1 aliphatic heterocycles. The first-order chi connectivity index (χ1) is 10.7. The summed E-state index contributed by atoms with van der Waals surface area (Å²) in [5.41, 5.74) is 1.22. The first-order valence-corrected chi connectivity index (χ1v) is 8.43. The lowest BCUT2D eigenvalue weighted by Crippen LogP contribution is -2.51. The smallest absolute Gasteiger partial charge is 0.225 e. The zero-order chi connectivity index (χ0) is 15.4. The van der Waals surface area contributed by atoms with Gasteiger partial charge in [0.15, 0.2) is 0 Å². The Balaban J connectivity index is 1.36. The fraction of sp³-hybridized carbons (Fsp3) is 0.611. The number of amides is 1. The monoisotopic (exact) mass is 302 g/mol. The first-order valence-electron chi connectivity index (χ1n) is 8.43. The maximum Gasteiger partial charge on any atom is 0.225 e. The van der Waals surface area contributed by atoms with E-state index >= 15 is 0 Å². The van der Waals surface area contributed by atoms with Crippen LogP contribution >= 0.6 is 0 Å². The first kappa shape index (κ1) is 15.3. The van der Waals surface area contributed by atoms with Gasteiger partial charge in [-0.15, -0.1) is 0 Å². The number of nitrogens with zero attached hydrogens (tertiary/aromatic N) is 2. The fourth-order valence-electron chi connectivity index (χ4n) is 3.10. The Bertz CT molecular complexity index is 506. The third kappa shape index (κ3) is 3.80. The lowest BCUT2D eigenvalue weighted by molar-refractivity contribution is -0.140. The summed E-state index contributed by atoms with van der Waals surface area (Å²) < 4.78 is 5.81. The van der Waals surface area contributed by atoms with Gasteiger partial charge in [-0.3, -0.25) is 9.69 Å². The molecule has 0 aromatic heterocycles. The van der Waals surface area contributed by atoms with Gasteiger partial charge in [-0.05, 0) is 37.5 Å². The highest BCUT2D eigenvalue weighted by molar-refractivity contribution is 5.79. The van der Waals surface area contributed by atoms with E-state index in [-0.39, 0.29) is 0 Å². The molecule has 1 aromatic rings. The van der Waals surface area contributed by atoms with Crippen LogP contribution in [0.1, 0.15) is 24.8 Å². The topological polar surface area (TPSA) is 32.8 Å². The summed E-state index contributed by atoms with van der Waals surface area (Å²) in [4.78, 5) is 16.6. The van der Waals surface area contributed by atoms with Gasteiger partial charge in [0.1, 0.15) is 12.4 Å². The molecule has 4 nitrogen and oxygen atoms in total. The molecule has 0 bridgehead atoms. The molecule has 0 unspecified atom stereocenters. The van der Waals surface area contributed by atoms with Gasteiger partial charge in [0.05, 0.1) is 0 Å². The fourth-order valence-corrected chi connectivity index (χ4v) is 3.10. The van der Waals surface area contributed by atoms with E-state index < -0.39 is 0 Å². The molecule has 2 fully saturated rings. The second-order valence-electron chi connectivity index (χ2n) is 6.46. The van der Waals surface area contributed by atoms with Crippen LogP contribution in [0.3, 0.4) is 0 Å². The second kappa shape index (κ2) is 7.14. The van der Waals surface area contributed by atoms with Crippen LogP contribution in [0, 0.1) is 12.8 Å². The summed E-state index contributed by atoms with van der Waals surface area (Å²) >= 11 is 0. The van der Waals surface area contributed by atoms with Crippen LogP contribution in [0.25, 0.3) is 0 Å². The third-order valence-corrected chi connectivity index (χ3v) is 4.80. The van der Waals surface area contributed by atoms with E-state index in [4.69, 9.17) is 4.74 Å². The van der Waals surface area contributed by atoms with E-state index in [1.54, 1.807) is 0 Å². The van der Waals surface area contributed by atoms with Crippen LogP contribution in [0.2, 0.25) is 0 Å². The SMILES string of the molecule is Cc1cccc(OCCN2CCN(C(=O)C3CCC3)CC2)c1. The van der Waals surface area contributed by atoms with E-state index in [9.17, 15) is 4.79 Å². The van der Waals surface area contributed by atoms with Crippen molar-refractivity contribution in [1.29, 1.82) is 0 Å². The number of carbonyl (C=O) groups excluding carboxylic acids is 1. The molecule has 0 N–H and O–H groups in total. The Morgan fingerprint density at radius 3 is 2.64 bits per heavy atom. The largest absolute Gasteiger partial charge is 0.492 e. The second-order valence-corrected chi connectivity index (χ2v) is 6.46. The van der Waals surface area contributed by atoms with Crippen LogP contribution in [0.5, 0.6) is 5.75 Å². The number of rotatable bonds is 5. The van der Waals surface area contributed by atoms with Gasteiger partial charge < -0.3 is 9.64 Å². The van der Waals surface area contributed by atoms with Gasteiger partial charge in [0, 0.05) is 38.6 Å². The van der Waals surface area contributed by atoms with E-state index in [0.29, 0.717) is 18.4 Å². The zero-order valence-corrected chi connectivity index (χ0v) is 13.5. The third-order valence-electron chi connectivity index (χ3n) is 4.80. The molecule has 1 aromatic carbocycles. The lowest BCUT2D eigenvalue weighted by Gasteiger charge is -2.38. The van der Waals surface area contributed by atoms with Crippen molar-refractivity contribution in [3.8, 4) is 5.75 Å². The lowest BCUT2D eigenvalue weighted by atomic mass is 9.84. The van der Waals surface area contributed by atoms with Crippen LogP contribution in [0.15, 0.2) is 24.3 Å². The normalized spacial score (nSPS) is 19.8. The average Bonchev–Trinajstić information content (AvgIpc) is 2.46. The van der Waals surface area contributed by atoms with Gasteiger partial charge >= 0.3 is 0 Å². The Hall–Kier alpha value is -1.55. The summed E-state index contributed by atoms with van der Waals surface area (Å²) in [5.74, 6) is 1.66. The number of aryl methyl sites for hydroxylation is 1. The molecule has 0 radical (unpaired) electrons. The van der Waals surface area contributed by atoms with Crippen molar-refractivity contribution in [3.63, 3.8) is 0 Å². The molecule has 0 atom stereocenters. The van der Waals surface area contributed by atoms with E-state index in [2.05, 4.69) is 28.9 Å². The minimum absolute atomic E-state index is 0.330. The van der Waals surface area contributed by atoms with Gasteiger partial charge in [0.25, 0.3) is 0 Å². The molecule has 3 rings (SSSR count). The molecule has 1 amide bonds. The maximum atomic E-state index is 12.2. The Kier molecular flexibility index (Phi) is 4.98. The highest BCUT2D eigenvalue weighted by atomic mass is 16.5.